The molecule has 0 bridgehead atoms. The molecule has 0 radical (unpaired) electrons. The van der Waals surface area contributed by atoms with Gasteiger partial charge in [0.05, 0.1) is 5.69 Å². The van der Waals surface area contributed by atoms with Crippen molar-refractivity contribution in [2.45, 2.75) is 40.5 Å². The summed E-state index contributed by atoms with van der Waals surface area (Å²) < 4.78 is 0. The van der Waals surface area contributed by atoms with Crippen molar-refractivity contribution in [3.05, 3.63) is 16.8 Å². The number of nitrogens with zero attached hydrogens (tertiary/aromatic N) is 3. The van der Waals surface area contributed by atoms with E-state index < -0.39 is 0 Å². The van der Waals surface area contributed by atoms with Gasteiger partial charge in [-0.3, -0.25) is 0 Å². The molecule has 0 aliphatic carbocycles. The lowest BCUT2D eigenvalue weighted by atomic mass is 10.0. The third kappa shape index (κ3) is 3.16. The number of nitriles is 1. The van der Waals surface area contributed by atoms with Crippen LogP contribution >= 0.6 is 0 Å². The SMILES string of the molecule is CCc1nnc(NCC(C)C)c(C#N)c1CC. The Labute approximate surface area is 103 Å². The number of hydrogen-bond acceptors (Lipinski definition) is 4. The van der Waals surface area contributed by atoms with E-state index in [-0.39, 0.29) is 0 Å². The zero-order chi connectivity index (χ0) is 12.8. The summed E-state index contributed by atoms with van der Waals surface area (Å²) in [6, 6.07) is 2.25. The van der Waals surface area contributed by atoms with Crippen molar-refractivity contribution in [1.29, 1.82) is 5.26 Å². The molecule has 0 atom stereocenters. The summed E-state index contributed by atoms with van der Waals surface area (Å²) in [6.45, 7) is 9.12. The van der Waals surface area contributed by atoms with Gasteiger partial charge < -0.3 is 5.32 Å². The van der Waals surface area contributed by atoms with Gasteiger partial charge in [-0.1, -0.05) is 27.7 Å². The Balaban J connectivity index is 3.11. The normalized spacial score (nSPS) is 10.4. The van der Waals surface area contributed by atoms with Gasteiger partial charge in [-0.05, 0) is 24.3 Å². The number of anilines is 1. The Bertz CT molecular complexity index is 418. The van der Waals surface area contributed by atoms with Crippen LogP contribution in [0.25, 0.3) is 0 Å². The average molecular weight is 232 g/mol. The number of rotatable bonds is 5. The molecule has 1 aromatic rings. The van der Waals surface area contributed by atoms with Crippen LogP contribution in [0.3, 0.4) is 0 Å². The first-order valence-corrected chi connectivity index (χ1v) is 6.16. The quantitative estimate of drug-likeness (QED) is 0.847. The lowest BCUT2D eigenvalue weighted by Gasteiger charge is -2.13. The molecule has 0 unspecified atom stereocenters. The molecule has 1 heterocycles. The molecule has 0 saturated heterocycles. The maximum Gasteiger partial charge on any atom is 0.166 e. The fourth-order valence-corrected chi connectivity index (χ4v) is 1.72. The average Bonchev–Trinajstić information content (AvgIpc) is 2.34. The summed E-state index contributed by atoms with van der Waals surface area (Å²) in [5, 5.41) is 20.8. The molecular formula is C13H20N4. The molecule has 0 amide bonds. The largest absolute Gasteiger partial charge is 0.367 e. The van der Waals surface area contributed by atoms with Gasteiger partial charge in [0.2, 0.25) is 0 Å². The van der Waals surface area contributed by atoms with E-state index in [2.05, 4.69) is 35.4 Å². The van der Waals surface area contributed by atoms with Gasteiger partial charge in [0.15, 0.2) is 5.82 Å². The van der Waals surface area contributed by atoms with E-state index in [0.29, 0.717) is 17.3 Å². The second kappa shape index (κ2) is 6.19. The van der Waals surface area contributed by atoms with Crippen molar-refractivity contribution in [3.8, 4) is 6.07 Å². The molecule has 0 aliphatic rings. The Morgan fingerprint density at radius 2 is 1.94 bits per heavy atom. The summed E-state index contributed by atoms with van der Waals surface area (Å²) in [6.07, 6.45) is 1.63. The molecule has 1 N–H and O–H groups in total. The topological polar surface area (TPSA) is 61.6 Å². The maximum atomic E-state index is 9.26. The van der Waals surface area contributed by atoms with Crippen LogP contribution in [0.15, 0.2) is 0 Å². The molecule has 0 aromatic carbocycles. The van der Waals surface area contributed by atoms with E-state index in [9.17, 15) is 5.26 Å². The van der Waals surface area contributed by atoms with Crippen LogP contribution in [0, 0.1) is 17.2 Å². The zero-order valence-corrected chi connectivity index (χ0v) is 11.0. The fraction of sp³-hybridized carbons (Fsp3) is 0.615. The molecule has 0 saturated carbocycles. The van der Waals surface area contributed by atoms with Gasteiger partial charge in [0.1, 0.15) is 11.6 Å². The van der Waals surface area contributed by atoms with E-state index in [1.54, 1.807) is 0 Å². The summed E-state index contributed by atoms with van der Waals surface area (Å²) in [4.78, 5) is 0. The first-order valence-electron chi connectivity index (χ1n) is 6.16. The molecule has 0 fully saturated rings. The second-order valence-corrected chi connectivity index (χ2v) is 4.44. The maximum absolute atomic E-state index is 9.26. The smallest absolute Gasteiger partial charge is 0.166 e. The van der Waals surface area contributed by atoms with Crippen molar-refractivity contribution in [1.82, 2.24) is 10.2 Å². The van der Waals surface area contributed by atoms with Crippen LogP contribution in [0.1, 0.15) is 44.5 Å². The second-order valence-electron chi connectivity index (χ2n) is 4.44. The fourth-order valence-electron chi connectivity index (χ4n) is 1.72. The minimum atomic E-state index is 0.513. The molecule has 0 spiro atoms. The molecule has 1 rings (SSSR count). The molecule has 0 aliphatic heterocycles. The van der Waals surface area contributed by atoms with Crippen LogP contribution in [0.4, 0.5) is 5.82 Å². The highest BCUT2D eigenvalue weighted by Crippen LogP contribution is 2.19. The van der Waals surface area contributed by atoms with Gasteiger partial charge in [-0.2, -0.15) is 10.4 Å². The van der Waals surface area contributed by atoms with E-state index in [4.69, 9.17) is 0 Å². The molecule has 4 heteroatoms. The molecular weight excluding hydrogens is 212 g/mol. The number of nitrogens with one attached hydrogen (secondary N) is 1. The highest BCUT2D eigenvalue weighted by molar-refractivity contribution is 5.56. The van der Waals surface area contributed by atoms with E-state index in [0.717, 1.165) is 30.6 Å². The predicted molar refractivity (Wildman–Crippen MR) is 68.8 cm³/mol. The van der Waals surface area contributed by atoms with Gasteiger partial charge in [0, 0.05) is 6.54 Å². The van der Waals surface area contributed by atoms with Gasteiger partial charge >= 0.3 is 0 Å². The van der Waals surface area contributed by atoms with Crippen LogP contribution in [-0.2, 0) is 12.8 Å². The molecule has 92 valence electrons. The lowest BCUT2D eigenvalue weighted by molar-refractivity contribution is 0.684. The molecule has 1 aromatic heterocycles. The standard InChI is InChI=1S/C13H20N4/c1-5-10-11(7-14)13(15-8-9(3)4)17-16-12(10)6-2/h9H,5-6,8H2,1-4H3,(H,15,17). The summed E-state index contributed by atoms with van der Waals surface area (Å²) in [5.41, 5.74) is 2.61. The van der Waals surface area contributed by atoms with Crippen molar-refractivity contribution in [2.24, 2.45) is 5.92 Å². The molecule has 4 nitrogen and oxygen atoms in total. The van der Waals surface area contributed by atoms with Crippen LogP contribution in [0.5, 0.6) is 0 Å². The monoisotopic (exact) mass is 232 g/mol. The van der Waals surface area contributed by atoms with E-state index in [1.165, 1.54) is 0 Å². The predicted octanol–water partition coefficient (Wildman–Crippen LogP) is 2.54. The zero-order valence-electron chi connectivity index (χ0n) is 11.0. The third-order valence-corrected chi connectivity index (χ3v) is 2.64. The minimum absolute atomic E-state index is 0.513. The third-order valence-electron chi connectivity index (χ3n) is 2.64. The van der Waals surface area contributed by atoms with Crippen molar-refractivity contribution in [3.63, 3.8) is 0 Å². The number of aryl methyl sites for hydroxylation is 1. The first kappa shape index (κ1) is 13.4. The van der Waals surface area contributed by atoms with Crippen molar-refractivity contribution >= 4 is 5.82 Å². The summed E-state index contributed by atoms with van der Waals surface area (Å²) in [5.74, 6) is 1.13. The van der Waals surface area contributed by atoms with Crippen molar-refractivity contribution in [2.75, 3.05) is 11.9 Å². The van der Waals surface area contributed by atoms with Gasteiger partial charge in [-0.25, -0.2) is 0 Å². The van der Waals surface area contributed by atoms with Crippen LogP contribution < -0.4 is 5.32 Å². The lowest BCUT2D eigenvalue weighted by Crippen LogP contribution is -2.13. The summed E-state index contributed by atoms with van der Waals surface area (Å²) in [7, 11) is 0. The van der Waals surface area contributed by atoms with E-state index >= 15 is 0 Å². The van der Waals surface area contributed by atoms with Gasteiger partial charge in [-0.15, -0.1) is 5.10 Å². The Hall–Kier alpha value is -1.63. The van der Waals surface area contributed by atoms with Crippen LogP contribution in [0.2, 0.25) is 0 Å². The van der Waals surface area contributed by atoms with Gasteiger partial charge in [0.25, 0.3) is 0 Å². The highest BCUT2D eigenvalue weighted by atomic mass is 15.2. The Kier molecular flexibility index (Phi) is 4.89. The Morgan fingerprint density at radius 1 is 1.24 bits per heavy atom. The number of aromatic nitrogens is 2. The van der Waals surface area contributed by atoms with E-state index in [1.807, 2.05) is 13.8 Å². The van der Waals surface area contributed by atoms with Crippen LogP contribution in [-0.4, -0.2) is 16.7 Å². The first-order chi connectivity index (χ1) is 8.13. The Morgan fingerprint density at radius 3 is 2.41 bits per heavy atom. The number of hydrogen-bond donors (Lipinski definition) is 1. The summed E-state index contributed by atoms with van der Waals surface area (Å²) >= 11 is 0. The highest BCUT2D eigenvalue weighted by Gasteiger charge is 2.13. The van der Waals surface area contributed by atoms with Crippen molar-refractivity contribution < 1.29 is 0 Å². The molecule has 17 heavy (non-hydrogen) atoms. The minimum Gasteiger partial charge on any atom is -0.367 e.